The molecule has 6 saturated heterocycles. The maximum atomic E-state index is 13.1. The topological polar surface area (TPSA) is 90.9 Å². The molecule has 46 heavy (non-hydrogen) atoms. The second-order valence-corrected chi connectivity index (χ2v) is 17.5. The Hall–Kier alpha value is -0.970. The van der Waals surface area contributed by atoms with E-state index >= 15 is 0 Å². The van der Waals surface area contributed by atoms with Crippen molar-refractivity contribution in [3.8, 4) is 0 Å². The van der Waals surface area contributed by atoms with Gasteiger partial charge in [0.1, 0.15) is 28.5 Å². The summed E-state index contributed by atoms with van der Waals surface area (Å²) in [4.78, 5) is 38.7. The second-order valence-electron chi connectivity index (χ2n) is 17.5. The molecular formula is C37H58O9. The summed E-state index contributed by atoms with van der Waals surface area (Å²) in [6.45, 7) is 15.8. The molecule has 2 spiro atoms. The minimum atomic E-state index is -0.628. The van der Waals surface area contributed by atoms with Gasteiger partial charge in [0.2, 0.25) is 0 Å². The van der Waals surface area contributed by atoms with Crippen LogP contribution in [-0.4, -0.2) is 65.7 Å². The van der Waals surface area contributed by atoms with Crippen LogP contribution in [0.1, 0.15) is 119 Å². The Labute approximate surface area is 275 Å². The van der Waals surface area contributed by atoms with Crippen LogP contribution in [0, 0.1) is 47.3 Å². The van der Waals surface area contributed by atoms with Crippen LogP contribution in [0.2, 0.25) is 0 Å². The van der Waals surface area contributed by atoms with Gasteiger partial charge < -0.3 is 18.9 Å². The lowest BCUT2D eigenvalue weighted by atomic mass is 9.55. The van der Waals surface area contributed by atoms with Crippen molar-refractivity contribution in [2.24, 2.45) is 47.3 Å². The summed E-state index contributed by atoms with van der Waals surface area (Å²) in [5, 5.41) is 0. The van der Waals surface area contributed by atoms with Gasteiger partial charge in [0, 0.05) is 19.3 Å². The van der Waals surface area contributed by atoms with Gasteiger partial charge in [-0.2, -0.15) is 0 Å². The number of rotatable bonds is 5. The number of hydrogen-bond acceptors (Lipinski definition) is 9. The summed E-state index contributed by atoms with van der Waals surface area (Å²) in [6.07, 6.45) is 9.18. The van der Waals surface area contributed by atoms with E-state index in [1.54, 1.807) is 0 Å². The predicted octanol–water partition coefficient (Wildman–Crippen LogP) is 7.34. The smallest absolute Gasteiger partial charge is 0.435 e. The Morgan fingerprint density at radius 2 is 1.26 bits per heavy atom. The van der Waals surface area contributed by atoms with Crippen LogP contribution in [0.15, 0.2) is 0 Å². The normalized spacial score (nSPS) is 56.2. The van der Waals surface area contributed by atoms with Gasteiger partial charge in [0.25, 0.3) is 0 Å². The Balaban J connectivity index is 1.11. The highest BCUT2D eigenvalue weighted by Crippen LogP contribution is 2.64. The molecule has 0 aromatic carbocycles. The van der Waals surface area contributed by atoms with E-state index in [1.165, 1.54) is 12.8 Å². The third kappa shape index (κ3) is 4.64. The van der Waals surface area contributed by atoms with Crippen molar-refractivity contribution in [3.63, 3.8) is 0 Å². The molecule has 9 nitrogen and oxygen atoms in total. The van der Waals surface area contributed by atoms with Crippen molar-refractivity contribution < 1.29 is 43.3 Å². The summed E-state index contributed by atoms with van der Waals surface area (Å²) < 4.78 is 26.1. The van der Waals surface area contributed by atoms with Crippen LogP contribution in [0.5, 0.6) is 0 Å². The molecule has 0 aromatic heterocycles. The molecular weight excluding hydrogens is 588 g/mol. The monoisotopic (exact) mass is 646 g/mol. The Morgan fingerprint density at radius 3 is 1.83 bits per heavy atom. The van der Waals surface area contributed by atoms with Crippen LogP contribution in [-0.2, 0) is 38.5 Å². The Morgan fingerprint density at radius 1 is 0.717 bits per heavy atom. The van der Waals surface area contributed by atoms with Gasteiger partial charge in [0.05, 0.1) is 31.0 Å². The highest BCUT2D eigenvalue weighted by molar-refractivity contribution is 5.60. The summed E-state index contributed by atoms with van der Waals surface area (Å²) in [7, 11) is 0. The van der Waals surface area contributed by atoms with Gasteiger partial charge in [-0.1, -0.05) is 27.7 Å². The van der Waals surface area contributed by atoms with E-state index < -0.39 is 23.5 Å². The van der Waals surface area contributed by atoms with E-state index in [0.717, 1.165) is 51.4 Å². The van der Waals surface area contributed by atoms with E-state index in [2.05, 4.69) is 41.5 Å². The fourth-order valence-electron chi connectivity index (χ4n) is 12.5. The number of ether oxygens (including phenoxy) is 4. The van der Waals surface area contributed by atoms with E-state index in [0.29, 0.717) is 36.0 Å². The zero-order valence-electron chi connectivity index (χ0n) is 29.2. The lowest BCUT2D eigenvalue weighted by Crippen LogP contribution is -2.71. The van der Waals surface area contributed by atoms with Crippen molar-refractivity contribution in [3.05, 3.63) is 0 Å². The minimum absolute atomic E-state index is 0.0485. The molecule has 9 heteroatoms. The van der Waals surface area contributed by atoms with Crippen molar-refractivity contribution >= 4 is 6.16 Å². The SMILES string of the molecule is CCOC(=O)O[C@@H](C[C@H]1O[C@@H]2C[C@]3(C)CC[C@H]4[C@H](C)CC[C@@H]([C@H]1C)[C@@]24OO3)C1O[C@@H]2C[C@]3(C)CC[C@H]4[C@H](C)CC[C@@H]([C@H]1C)[C@@]24OO3. The zero-order valence-corrected chi connectivity index (χ0v) is 29.2. The van der Waals surface area contributed by atoms with Crippen LogP contribution in [0.4, 0.5) is 4.79 Å². The van der Waals surface area contributed by atoms with Crippen LogP contribution >= 0.6 is 0 Å². The number of carbonyl (C=O) groups excluding carboxylic acids is 1. The average Bonchev–Trinajstić information content (AvgIpc) is 3.39. The maximum absolute atomic E-state index is 13.1. The lowest BCUT2D eigenvalue weighted by Gasteiger charge is -2.62. The molecule has 0 aromatic rings. The van der Waals surface area contributed by atoms with Gasteiger partial charge in [-0.3, -0.25) is 0 Å². The second kappa shape index (κ2) is 11.3. The van der Waals surface area contributed by atoms with Gasteiger partial charge >= 0.3 is 6.16 Å². The Bertz CT molecular complexity index is 1180. The highest BCUT2D eigenvalue weighted by atomic mass is 17.2. The molecule has 260 valence electrons. The molecule has 10 fully saturated rings. The standard InChI is InChI=1S/C37H58O9/c1-8-39-33(38)41-29(32-23(5)27-12-10-21(3)25-14-16-35(7)19-31(42-32)37(25,27)46-44-35)17-28-22(4)26-11-9-20(2)24-13-15-34(6)18-30(40-28)36(24,26)45-43-34/h20-32H,8-19H2,1-7H3/t20-,21-,22-,23-,24+,25+,26+,27+,28-,29+,30-,31-,32?,34+,35+,36-,37-/m1/s1. The molecule has 10 rings (SSSR count). The van der Waals surface area contributed by atoms with E-state index in [-0.39, 0.29) is 60.0 Å². The molecule has 10 aliphatic rings. The third-order valence-corrected chi connectivity index (χ3v) is 14.9. The fraction of sp³-hybridized carbons (Fsp3) is 0.973. The molecule has 0 radical (unpaired) electrons. The van der Waals surface area contributed by atoms with Crippen LogP contribution in [0.25, 0.3) is 0 Å². The van der Waals surface area contributed by atoms with Gasteiger partial charge in [-0.15, -0.1) is 0 Å². The first-order chi connectivity index (χ1) is 21.9. The van der Waals surface area contributed by atoms with Crippen molar-refractivity contribution in [1.29, 1.82) is 0 Å². The molecule has 6 heterocycles. The first kappa shape index (κ1) is 32.2. The minimum Gasteiger partial charge on any atom is -0.435 e. The predicted molar refractivity (Wildman–Crippen MR) is 167 cm³/mol. The van der Waals surface area contributed by atoms with E-state index in [1.807, 2.05) is 6.92 Å². The molecule has 1 unspecified atom stereocenters. The van der Waals surface area contributed by atoms with Crippen molar-refractivity contribution in [2.75, 3.05) is 6.61 Å². The summed E-state index contributed by atoms with van der Waals surface area (Å²) >= 11 is 0. The number of fused-ring (bicyclic) bond motifs is 4. The Kier molecular flexibility index (Phi) is 7.90. The number of hydrogen-bond donors (Lipinski definition) is 0. The highest BCUT2D eigenvalue weighted by Gasteiger charge is 2.70. The molecule has 0 N–H and O–H groups in total. The molecule has 17 atom stereocenters. The molecule has 0 amide bonds. The maximum Gasteiger partial charge on any atom is 0.508 e. The fourth-order valence-corrected chi connectivity index (χ4v) is 12.5. The molecule has 6 aliphatic heterocycles. The first-order valence-corrected chi connectivity index (χ1v) is 18.8. The van der Waals surface area contributed by atoms with Gasteiger partial charge in [-0.25, -0.2) is 24.3 Å². The van der Waals surface area contributed by atoms with E-state index in [9.17, 15) is 4.79 Å². The van der Waals surface area contributed by atoms with Crippen molar-refractivity contribution in [2.45, 2.75) is 172 Å². The average molecular weight is 647 g/mol. The van der Waals surface area contributed by atoms with Gasteiger partial charge in [0.15, 0.2) is 0 Å². The molecule has 4 bridgehead atoms. The molecule has 4 saturated carbocycles. The van der Waals surface area contributed by atoms with E-state index in [4.69, 9.17) is 38.5 Å². The quantitative estimate of drug-likeness (QED) is 0.225. The summed E-state index contributed by atoms with van der Waals surface area (Å²) in [5.74, 6) is 2.82. The van der Waals surface area contributed by atoms with Crippen LogP contribution < -0.4 is 0 Å². The van der Waals surface area contributed by atoms with Gasteiger partial charge in [-0.05, 0) is 119 Å². The number of carbonyl (C=O) groups is 1. The summed E-state index contributed by atoms with van der Waals surface area (Å²) in [5.41, 5.74) is -1.59. The third-order valence-electron chi connectivity index (χ3n) is 14.9. The zero-order chi connectivity index (χ0) is 32.2. The summed E-state index contributed by atoms with van der Waals surface area (Å²) in [6, 6.07) is 0. The van der Waals surface area contributed by atoms with Crippen LogP contribution in [0.3, 0.4) is 0 Å². The van der Waals surface area contributed by atoms with Crippen molar-refractivity contribution in [1.82, 2.24) is 0 Å². The largest absolute Gasteiger partial charge is 0.508 e. The lowest BCUT2D eigenvalue weighted by molar-refractivity contribution is -0.491. The molecule has 4 aliphatic carbocycles. The first-order valence-electron chi connectivity index (χ1n) is 18.8.